The SMILES string of the molecule is Cn1nccc1NC(=O)C1Cc2ccc(Br)cc2C1. The van der Waals surface area contributed by atoms with Gasteiger partial charge in [0.05, 0.1) is 6.20 Å². The zero-order valence-electron chi connectivity index (χ0n) is 10.6. The van der Waals surface area contributed by atoms with Gasteiger partial charge >= 0.3 is 0 Å². The number of hydrogen-bond acceptors (Lipinski definition) is 2. The van der Waals surface area contributed by atoms with Gasteiger partial charge in [-0.25, -0.2) is 0 Å². The van der Waals surface area contributed by atoms with E-state index in [-0.39, 0.29) is 11.8 Å². The van der Waals surface area contributed by atoms with Crippen molar-refractivity contribution in [2.75, 3.05) is 5.32 Å². The minimum atomic E-state index is 0.0131. The number of amides is 1. The molecule has 1 atom stereocenters. The maximum atomic E-state index is 12.3. The fraction of sp³-hybridized carbons (Fsp3) is 0.286. The second-order valence-electron chi connectivity index (χ2n) is 4.85. The molecule has 2 aromatic rings. The van der Waals surface area contributed by atoms with Crippen LogP contribution in [-0.2, 0) is 24.7 Å². The van der Waals surface area contributed by atoms with Crippen molar-refractivity contribution in [1.82, 2.24) is 9.78 Å². The third-order valence-electron chi connectivity index (χ3n) is 3.54. The molecule has 0 spiro atoms. The highest BCUT2D eigenvalue weighted by Gasteiger charge is 2.27. The van der Waals surface area contributed by atoms with E-state index in [1.54, 1.807) is 16.9 Å². The molecule has 1 aromatic carbocycles. The van der Waals surface area contributed by atoms with Crippen LogP contribution < -0.4 is 5.32 Å². The Morgan fingerprint density at radius 3 is 2.89 bits per heavy atom. The van der Waals surface area contributed by atoms with Crippen LogP contribution in [0.15, 0.2) is 34.9 Å². The number of aryl methyl sites for hydroxylation is 1. The summed E-state index contributed by atoms with van der Waals surface area (Å²) in [5, 5.41) is 6.97. The summed E-state index contributed by atoms with van der Waals surface area (Å²) in [6.45, 7) is 0. The first kappa shape index (κ1) is 12.4. The van der Waals surface area contributed by atoms with Gasteiger partial charge in [-0.3, -0.25) is 9.48 Å². The van der Waals surface area contributed by atoms with Crippen molar-refractivity contribution in [3.63, 3.8) is 0 Å². The molecular weight excluding hydrogens is 306 g/mol. The first-order valence-electron chi connectivity index (χ1n) is 6.19. The van der Waals surface area contributed by atoms with Gasteiger partial charge < -0.3 is 5.32 Å². The molecule has 0 saturated carbocycles. The van der Waals surface area contributed by atoms with E-state index >= 15 is 0 Å². The number of carbonyl (C=O) groups is 1. The summed E-state index contributed by atoms with van der Waals surface area (Å²) in [6.07, 6.45) is 3.29. The van der Waals surface area contributed by atoms with Crippen LogP contribution in [0.3, 0.4) is 0 Å². The Bertz CT molecular complexity index is 635. The highest BCUT2D eigenvalue weighted by atomic mass is 79.9. The summed E-state index contributed by atoms with van der Waals surface area (Å²) in [5.74, 6) is 0.817. The number of aromatic nitrogens is 2. The van der Waals surface area contributed by atoms with Gasteiger partial charge in [-0.15, -0.1) is 0 Å². The summed E-state index contributed by atoms with van der Waals surface area (Å²) in [7, 11) is 1.82. The molecule has 0 bridgehead atoms. The fourth-order valence-corrected chi connectivity index (χ4v) is 2.91. The van der Waals surface area contributed by atoms with Crippen molar-refractivity contribution in [3.05, 3.63) is 46.1 Å². The summed E-state index contributed by atoms with van der Waals surface area (Å²) in [5.41, 5.74) is 2.54. The van der Waals surface area contributed by atoms with Crippen LogP contribution in [0.5, 0.6) is 0 Å². The lowest BCUT2D eigenvalue weighted by Gasteiger charge is -2.10. The Balaban J connectivity index is 1.72. The predicted molar refractivity (Wildman–Crippen MR) is 76.9 cm³/mol. The predicted octanol–water partition coefficient (Wildman–Crippen LogP) is 2.54. The van der Waals surface area contributed by atoms with Crippen molar-refractivity contribution < 1.29 is 4.79 Å². The van der Waals surface area contributed by atoms with E-state index in [1.165, 1.54) is 11.1 Å². The summed E-state index contributed by atoms with van der Waals surface area (Å²) >= 11 is 3.47. The van der Waals surface area contributed by atoms with E-state index in [1.807, 2.05) is 13.1 Å². The molecule has 1 unspecified atom stereocenters. The third-order valence-corrected chi connectivity index (χ3v) is 4.04. The van der Waals surface area contributed by atoms with Crippen LogP contribution in [0.4, 0.5) is 5.82 Å². The first-order chi connectivity index (χ1) is 9.13. The van der Waals surface area contributed by atoms with Crippen molar-refractivity contribution in [2.24, 2.45) is 13.0 Å². The van der Waals surface area contributed by atoms with Gasteiger partial charge in [0, 0.05) is 23.5 Å². The summed E-state index contributed by atoms with van der Waals surface area (Å²) in [4.78, 5) is 12.3. The molecule has 98 valence electrons. The molecular formula is C14H14BrN3O. The number of nitrogens with zero attached hydrogens (tertiary/aromatic N) is 2. The Kier molecular flexibility index (Phi) is 3.14. The molecule has 3 rings (SSSR count). The lowest BCUT2D eigenvalue weighted by atomic mass is 10.1. The maximum absolute atomic E-state index is 12.3. The molecule has 0 saturated heterocycles. The van der Waals surface area contributed by atoms with E-state index in [4.69, 9.17) is 0 Å². The van der Waals surface area contributed by atoms with Crippen LogP contribution in [-0.4, -0.2) is 15.7 Å². The Labute approximate surface area is 119 Å². The molecule has 1 heterocycles. The zero-order valence-corrected chi connectivity index (χ0v) is 12.1. The number of anilines is 1. The third kappa shape index (κ3) is 2.42. The quantitative estimate of drug-likeness (QED) is 0.924. The molecule has 0 fully saturated rings. The number of rotatable bonds is 2. The molecule has 5 heteroatoms. The topological polar surface area (TPSA) is 46.9 Å². The van der Waals surface area contributed by atoms with Crippen LogP contribution in [0, 0.1) is 5.92 Å². The lowest BCUT2D eigenvalue weighted by Crippen LogP contribution is -2.24. The van der Waals surface area contributed by atoms with E-state index in [0.717, 1.165) is 23.1 Å². The molecule has 4 nitrogen and oxygen atoms in total. The zero-order chi connectivity index (χ0) is 13.4. The minimum absolute atomic E-state index is 0.0131. The van der Waals surface area contributed by atoms with Gasteiger partial charge in [-0.2, -0.15) is 5.10 Å². The molecule has 1 amide bonds. The number of benzene rings is 1. The van der Waals surface area contributed by atoms with Crippen LogP contribution >= 0.6 is 15.9 Å². The minimum Gasteiger partial charge on any atom is -0.311 e. The van der Waals surface area contributed by atoms with Gasteiger partial charge in [0.15, 0.2) is 0 Å². The number of fused-ring (bicyclic) bond motifs is 1. The number of halogens is 1. The molecule has 0 aliphatic heterocycles. The first-order valence-corrected chi connectivity index (χ1v) is 6.99. The fourth-order valence-electron chi connectivity index (χ4n) is 2.50. The van der Waals surface area contributed by atoms with E-state index in [2.05, 4.69) is 38.5 Å². The smallest absolute Gasteiger partial charge is 0.229 e. The van der Waals surface area contributed by atoms with Gasteiger partial charge in [-0.1, -0.05) is 22.0 Å². The molecule has 0 radical (unpaired) electrons. The molecule has 1 aliphatic carbocycles. The van der Waals surface area contributed by atoms with E-state index in [9.17, 15) is 4.79 Å². The number of hydrogen-bond donors (Lipinski definition) is 1. The number of nitrogens with one attached hydrogen (secondary N) is 1. The van der Waals surface area contributed by atoms with Crippen molar-refractivity contribution in [3.8, 4) is 0 Å². The van der Waals surface area contributed by atoms with Gasteiger partial charge in [-0.05, 0) is 36.1 Å². The van der Waals surface area contributed by atoms with Crippen molar-refractivity contribution in [1.29, 1.82) is 0 Å². The summed E-state index contributed by atoms with van der Waals surface area (Å²) < 4.78 is 2.73. The lowest BCUT2D eigenvalue weighted by molar-refractivity contribution is -0.119. The normalized spacial score (nSPS) is 17.3. The number of carbonyl (C=O) groups excluding carboxylic acids is 1. The Morgan fingerprint density at radius 1 is 1.37 bits per heavy atom. The monoisotopic (exact) mass is 319 g/mol. The largest absolute Gasteiger partial charge is 0.311 e. The van der Waals surface area contributed by atoms with Crippen molar-refractivity contribution >= 4 is 27.7 Å². The standard InChI is InChI=1S/C14H14BrN3O/c1-18-13(4-5-16-18)17-14(19)11-6-9-2-3-12(15)8-10(9)7-11/h2-5,8,11H,6-7H2,1H3,(H,17,19). The van der Waals surface area contributed by atoms with Crippen LogP contribution in [0.2, 0.25) is 0 Å². The van der Waals surface area contributed by atoms with E-state index < -0.39 is 0 Å². The molecule has 19 heavy (non-hydrogen) atoms. The molecule has 1 aliphatic rings. The Hall–Kier alpha value is -1.62. The maximum Gasteiger partial charge on any atom is 0.229 e. The molecule has 1 N–H and O–H groups in total. The summed E-state index contributed by atoms with van der Waals surface area (Å²) in [6, 6.07) is 8.03. The van der Waals surface area contributed by atoms with Crippen LogP contribution in [0.1, 0.15) is 11.1 Å². The van der Waals surface area contributed by atoms with Gasteiger partial charge in [0.1, 0.15) is 5.82 Å². The highest BCUT2D eigenvalue weighted by molar-refractivity contribution is 9.10. The van der Waals surface area contributed by atoms with Gasteiger partial charge in [0.2, 0.25) is 5.91 Å². The van der Waals surface area contributed by atoms with Crippen LogP contribution in [0.25, 0.3) is 0 Å². The second kappa shape index (κ2) is 4.81. The van der Waals surface area contributed by atoms with Crippen molar-refractivity contribution in [2.45, 2.75) is 12.8 Å². The Morgan fingerprint density at radius 2 is 2.16 bits per heavy atom. The molecule has 1 aromatic heterocycles. The van der Waals surface area contributed by atoms with E-state index in [0.29, 0.717) is 0 Å². The van der Waals surface area contributed by atoms with Gasteiger partial charge in [0.25, 0.3) is 0 Å². The second-order valence-corrected chi connectivity index (χ2v) is 5.76. The average Bonchev–Trinajstić information content (AvgIpc) is 2.96. The highest BCUT2D eigenvalue weighted by Crippen LogP contribution is 2.29. The average molecular weight is 320 g/mol.